The average molecular weight is 345 g/mol. The van der Waals surface area contributed by atoms with E-state index in [1.807, 2.05) is 34.9 Å². The van der Waals surface area contributed by atoms with Gasteiger partial charge in [-0.25, -0.2) is 4.98 Å². The van der Waals surface area contributed by atoms with Crippen LogP contribution in [0.15, 0.2) is 65.1 Å². The molecule has 0 fully saturated rings. The molecule has 2 N–H and O–H groups in total. The second kappa shape index (κ2) is 6.92. The second-order valence-corrected chi connectivity index (χ2v) is 6.39. The minimum atomic E-state index is -0.357. The molecule has 1 aliphatic heterocycles. The van der Waals surface area contributed by atoms with Crippen molar-refractivity contribution in [2.75, 3.05) is 0 Å². The lowest BCUT2D eigenvalue weighted by atomic mass is 10.0. The largest absolute Gasteiger partial charge is 0.369 e. The maximum absolute atomic E-state index is 11.6. The highest BCUT2D eigenvalue weighted by molar-refractivity contribution is 5.76. The summed E-state index contributed by atoms with van der Waals surface area (Å²) in [7, 11) is 0. The monoisotopic (exact) mass is 345 g/mol. The van der Waals surface area contributed by atoms with E-state index in [2.05, 4.69) is 33.4 Å². The van der Waals surface area contributed by atoms with Crippen molar-refractivity contribution in [1.29, 1.82) is 0 Å². The molecule has 0 saturated carbocycles. The zero-order valence-corrected chi connectivity index (χ0v) is 14.3. The Labute approximate surface area is 151 Å². The summed E-state index contributed by atoms with van der Waals surface area (Å²) >= 11 is 0. The Hall–Kier alpha value is -3.28. The standard InChI is InChI=1S/C20H19N5O/c21-20(26)10-19-18(9-14-5-2-1-3-6-14)22-13-25(19)12-15-7-4-8-17-16(15)11-23-24-17/h1-8,13H,9-12H2,(H2,21,26). The van der Waals surface area contributed by atoms with Gasteiger partial charge in [-0.05, 0) is 17.2 Å². The van der Waals surface area contributed by atoms with Crippen LogP contribution in [0.25, 0.3) is 0 Å². The number of carbonyl (C=O) groups excluding carboxylic acids is 1. The number of azo groups is 1. The molecule has 0 atom stereocenters. The summed E-state index contributed by atoms with van der Waals surface area (Å²) in [4.78, 5) is 16.2. The van der Waals surface area contributed by atoms with Gasteiger partial charge in [0.15, 0.2) is 0 Å². The molecule has 1 amide bonds. The third kappa shape index (κ3) is 3.26. The lowest BCUT2D eigenvalue weighted by molar-refractivity contribution is -0.117. The van der Waals surface area contributed by atoms with Crippen LogP contribution in [0.1, 0.15) is 28.1 Å². The van der Waals surface area contributed by atoms with Crippen molar-refractivity contribution in [2.24, 2.45) is 16.0 Å². The molecule has 130 valence electrons. The Kier molecular flexibility index (Phi) is 4.31. The highest BCUT2D eigenvalue weighted by Crippen LogP contribution is 2.30. The van der Waals surface area contributed by atoms with Gasteiger partial charge in [-0.3, -0.25) is 4.79 Å². The average Bonchev–Trinajstić information content (AvgIpc) is 3.25. The van der Waals surface area contributed by atoms with E-state index in [1.54, 1.807) is 6.33 Å². The van der Waals surface area contributed by atoms with E-state index >= 15 is 0 Å². The number of benzene rings is 2. The van der Waals surface area contributed by atoms with Crippen LogP contribution in [0.2, 0.25) is 0 Å². The first-order valence-corrected chi connectivity index (χ1v) is 8.54. The number of hydrogen-bond donors (Lipinski definition) is 1. The number of aromatic nitrogens is 2. The van der Waals surface area contributed by atoms with Crippen LogP contribution in [0.4, 0.5) is 5.69 Å². The van der Waals surface area contributed by atoms with Gasteiger partial charge < -0.3 is 10.3 Å². The molecule has 2 aromatic carbocycles. The summed E-state index contributed by atoms with van der Waals surface area (Å²) in [5.41, 5.74) is 11.6. The van der Waals surface area contributed by atoms with E-state index in [1.165, 1.54) is 0 Å². The smallest absolute Gasteiger partial charge is 0.223 e. The molecule has 0 saturated heterocycles. The zero-order valence-electron chi connectivity index (χ0n) is 14.3. The Morgan fingerprint density at radius 3 is 2.77 bits per heavy atom. The predicted octanol–water partition coefficient (Wildman–Crippen LogP) is 3.15. The molecule has 0 aliphatic carbocycles. The topological polar surface area (TPSA) is 85.6 Å². The number of primary amides is 1. The third-order valence-corrected chi connectivity index (χ3v) is 4.59. The minimum Gasteiger partial charge on any atom is -0.369 e. The fraction of sp³-hybridized carbons (Fsp3) is 0.200. The van der Waals surface area contributed by atoms with Crippen LogP contribution in [0.5, 0.6) is 0 Å². The van der Waals surface area contributed by atoms with Crippen LogP contribution in [-0.4, -0.2) is 15.5 Å². The van der Waals surface area contributed by atoms with E-state index < -0.39 is 0 Å². The van der Waals surface area contributed by atoms with Crippen molar-refractivity contribution in [2.45, 2.75) is 25.9 Å². The SMILES string of the molecule is NC(=O)Cc1c(Cc2ccccc2)ncn1Cc1cccc2c1CN=N2. The number of hydrogen-bond acceptors (Lipinski definition) is 4. The predicted molar refractivity (Wildman–Crippen MR) is 98.1 cm³/mol. The Bertz CT molecular complexity index is 975. The molecule has 6 nitrogen and oxygen atoms in total. The maximum Gasteiger partial charge on any atom is 0.223 e. The first-order valence-electron chi connectivity index (χ1n) is 8.54. The van der Waals surface area contributed by atoms with Crippen molar-refractivity contribution in [3.05, 3.63) is 82.9 Å². The molecule has 2 heterocycles. The summed E-state index contributed by atoms with van der Waals surface area (Å²) in [6, 6.07) is 16.1. The fourth-order valence-corrected chi connectivity index (χ4v) is 3.30. The molecule has 0 bridgehead atoms. The number of rotatable bonds is 6. The van der Waals surface area contributed by atoms with Gasteiger partial charge in [0.05, 0.1) is 36.4 Å². The van der Waals surface area contributed by atoms with Gasteiger partial charge in [-0.15, -0.1) is 0 Å². The number of fused-ring (bicyclic) bond motifs is 1. The first kappa shape index (κ1) is 16.2. The van der Waals surface area contributed by atoms with Gasteiger partial charge in [0.2, 0.25) is 5.91 Å². The van der Waals surface area contributed by atoms with Gasteiger partial charge in [0.1, 0.15) is 0 Å². The summed E-state index contributed by atoms with van der Waals surface area (Å²) < 4.78 is 2.01. The molecule has 0 unspecified atom stereocenters. The second-order valence-electron chi connectivity index (χ2n) is 6.39. The van der Waals surface area contributed by atoms with E-state index in [4.69, 9.17) is 5.73 Å². The van der Waals surface area contributed by atoms with Crippen molar-refractivity contribution in [3.63, 3.8) is 0 Å². The molecule has 0 spiro atoms. The summed E-state index contributed by atoms with van der Waals surface area (Å²) in [6.07, 6.45) is 2.64. The number of imidazole rings is 1. The lowest BCUT2D eigenvalue weighted by Gasteiger charge is -2.11. The Balaban J connectivity index is 1.66. The fourth-order valence-electron chi connectivity index (χ4n) is 3.30. The van der Waals surface area contributed by atoms with Crippen LogP contribution < -0.4 is 5.73 Å². The summed E-state index contributed by atoms with van der Waals surface area (Å²) in [5.74, 6) is -0.357. The van der Waals surface area contributed by atoms with E-state index in [0.717, 1.165) is 33.8 Å². The summed E-state index contributed by atoms with van der Waals surface area (Å²) in [5, 5.41) is 8.27. The van der Waals surface area contributed by atoms with Crippen molar-refractivity contribution in [1.82, 2.24) is 9.55 Å². The van der Waals surface area contributed by atoms with Gasteiger partial charge in [-0.2, -0.15) is 10.2 Å². The summed E-state index contributed by atoms with van der Waals surface area (Å²) in [6.45, 7) is 1.22. The molecular formula is C20H19N5O. The van der Waals surface area contributed by atoms with E-state index in [-0.39, 0.29) is 12.3 Å². The Morgan fingerprint density at radius 1 is 1.12 bits per heavy atom. The lowest BCUT2D eigenvalue weighted by Crippen LogP contribution is -2.18. The van der Waals surface area contributed by atoms with E-state index in [0.29, 0.717) is 19.5 Å². The normalized spacial score (nSPS) is 12.3. The third-order valence-electron chi connectivity index (χ3n) is 4.59. The first-order chi connectivity index (χ1) is 12.7. The number of nitrogens with two attached hydrogens (primary N) is 1. The van der Waals surface area contributed by atoms with Crippen molar-refractivity contribution >= 4 is 11.6 Å². The zero-order chi connectivity index (χ0) is 17.9. The highest BCUT2D eigenvalue weighted by Gasteiger charge is 2.17. The maximum atomic E-state index is 11.6. The number of amides is 1. The molecule has 6 heteroatoms. The van der Waals surface area contributed by atoms with Crippen LogP contribution in [-0.2, 0) is 30.7 Å². The molecular weight excluding hydrogens is 326 g/mol. The van der Waals surface area contributed by atoms with E-state index in [9.17, 15) is 4.79 Å². The Morgan fingerprint density at radius 2 is 1.96 bits per heavy atom. The number of carbonyl (C=O) groups is 1. The van der Waals surface area contributed by atoms with Crippen LogP contribution >= 0.6 is 0 Å². The molecule has 26 heavy (non-hydrogen) atoms. The minimum absolute atomic E-state index is 0.173. The van der Waals surface area contributed by atoms with Gasteiger partial charge in [-0.1, -0.05) is 42.5 Å². The molecule has 0 radical (unpaired) electrons. The van der Waals surface area contributed by atoms with Crippen molar-refractivity contribution in [3.8, 4) is 0 Å². The number of nitrogens with zero attached hydrogens (tertiary/aromatic N) is 4. The quantitative estimate of drug-likeness (QED) is 0.744. The molecule has 1 aromatic heterocycles. The van der Waals surface area contributed by atoms with Gasteiger partial charge >= 0.3 is 0 Å². The van der Waals surface area contributed by atoms with Crippen LogP contribution in [0.3, 0.4) is 0 Å². The van der Waals surface area contributed by atoms with Crippen LogP contribution in [0, 0.1) is 0 Å². The molecule has 1 aliphatic rings. The molecule has 4 rings (SSSR count). The van der Waals surface area contributed by atoms with Gasteiger partial charge in [0, 0.05) is 18.5 Å². The van der Waals surface area contributed by atoms with Crippen molar-refractivity contribution < 1.29 is 4.79 Å². The molecule has 3 aromatic rings. The van der Waals surface area contributed by atoms with Gasteiger partial charge in [0.25, 0.3) is 0 Å². The highest BCUT2D eigenvalue weighted by atomic mass is 16.1.